The van der Waals surface area contributed by atoms with Gasteiger partial charge in [0, 0.05) is 19.5 Å². The molecular weight excluding hydrogens is 257 g/mol. The lowest BCUT2D eigenvalue weighted by atomic mass is 10.1. The van der Waals surface area contributed by atoms with Crippen LogP contribution < -0.4 is 0 Å². The van der Waals surface area contributed by atoms with Crippen LogP contribution in [0.3, 0.4) is 0 Å². The Hall–Kier alpha value is -2.11. The molecule has 19 heavy (non-hydrogen) atoms. The number of benzene rings is 1. The van der Waals surface area contributed by atoms with Crippen molar-refractivity contribution in [2.24, 2.45) is 7.05 Å². The van der Waals surface area contributed by atoms with Gasteiger partial charge in [-0.05, 0) is 18.2 Å². The maximum absolute atomic E-state index is 12.4. The maximum Gasteiger partial charge on any atom is 0.416 e. The molecule has 0 saturated heterocycles. The first-order chi connectivity index (χ1) is 8.79. The number of carbonyl (C=O) groups is 1. The summed E-state index contributed by atoms with van der Waals surface area (Å²) in [6.45, 7) is 1.41. The van der Waals surface area contributed by atoms with Crippen LogP contribution in [-0.4, -0.2) is 15.6 Å². The van der Waals surface area contributed by atoms with E-state index in [4.69, 9.17) is 0 Å². The minimum Gasteiger partial charge on any atom is -0.293 e. The van der Waals surface area contributed by atoms with E-state index in [0.717, 1.165) is 12.1 Å². The molecule has 1 heterocycles. The number of ketones is 1. The van der Waals surface area contributed by atoms with E-state index in [1.54, 1.807) is 13.1 Å². The van der Waals surface area contributed by atoms with Gasteiger partial charge in [0.1, 0.15) is 5.69 Å². The number of Topliss-reactive ketones (excluding diaryl/α,β-unsaturated/α-hetero) is 1. The highest BCUT2D eigenvalue weighted by Gasteiger charge is 2.30. The molecular formula is C13H11F3N2O. The minimum atomic E-state index is -4.35. The number of aryl methyl sites for hydroxylation is 1. The first kappa shape index (κ1) is 13.3. The van der Waals surface area contributed by atoms with Crippen molar-refractivity contribution in [1.29, 1.82) is 0 Å². The van der Waals surface area contributed by atoms with Gasteiger partial charge in [-0.1, -0.05) is 12.1 Å². The topological polar surface area (TPSA) is 34.9 Å². The van der Waals surface area contributed by atoms with Gasteiger partial charge in [0.2, 0.25) is 0 Å². The summed E-state index contributed by atoms with van der Waals surface area (Å²) >= 11 is 0. The molecule has 0 bridgehead atoms. The molecule has 0 N–H and O–H groups in total. The molecule has 6 heteroatoms. The number of nitrogens with zero attached hydrogens (tertiary/aromatic N) is 2. The van der Waals surface area contributed by atoms with E-state index < -0.39 is 11.7 Å². The second-order valence-electron chi connectivity index (χ2n) is 4.17. The second-order valence-corrected chi connectivity index (χ2v) is 4.17. The van der Waals surface area contributed by atoms with Gasteiger partial charge in [-0.15, -0.1) is 0 Å². The highest BCUT2D eigenvalue weighted by Crippen LogP contribution is 2.30. The molecule has 1 aromatic carbocycles. The Bertz CT molecular complexity index is 612. The lowest BCUT2D eigenvalue weighted by Crippen LogP contribution is -2.04. The Morgan fingerprint density at radius 3 is 2.21 bits per heavy atom. The monoisotopic (exact) mass is 268 g/mol. The summed E-state index contributed by atoms with van der Waals surface area (Å²) < 4.78 is 38.7. The molecule has 0 saturated carbocycles. The predicted molar refractivity (Wildman–Crippen MR) is 63.7 cm³/mol. The van der Waals surface area contributed by atoms with Crippen molar-refractivity contribution in [2.45, 2.75) is 13.1 Å². The van der Waals surface area contributed by atoms with E-state index in [2.05, 4.69) is 5.10 Å². The summed E-state index contributed by atoms with van der Waals surface area (Å²) in [6.07, 6.45) is -4.35. The number of hydrogen-bond acceptors (Lipinski definition) is 2. The normalized spacial score (nSPS) is 11.6. The number of carbonyl (C=O) groups excluding carboxylic acids is 1. The summed E-state index contributed by atoms with van der Waals surface area (Å²) in [5.41, 5.74) is 0.714. The highest BCUT2D eigenvalue weighted by molar-refractivity contribution is 5.93. The Balaban J connectivity index is 2.38. The third-order valence-electron chi connectivity index (χ3n) is 2.75. The molecule has 0 fully saturated rings. The SMILES string of the molecule is CC(=O)c1cc(-c2ccc(C(F)(F)F)cc2)nn1C. The van der Waals surface area contributed by atoms with Crippen LogP contribution in [0.5, 0.6) is 0 Å². The van der Waals surface area contributed by atoms with Gasteiger partial charge < -0.3 is 0 Å². The predicted octanol–water partition coefficient (Wildman–Crippen LogP) is 3.31. The molecule has 0 aliphatic rings. The van der Waals surface area contributed by atoms with Gasteiger partial charge in [-0.2, -0.15) is 18.3 Å². The van der Waals surface area contributed by atoms with Crippen molar-refractivity contribution in [1.82, 2.24) is 9.78 Å². The third-order valence-corrected chi connectivity index (χ3v) is 2.75. The fraction of sp³-hybridized carbons (Fsp3) is 0.231. The zero-order valence-electron chi connectivity index (χ0n) is 10.3. The van der Waals surface area contributed by atoms with Crippen molar-refractivity contribution < 1.29 is 18.0 Å². The lowest BCUT2D eigenvalue weighted by Gasteiger charge is -2.06. The van der Waals surface area contributed by atoms with Gasteiger partial charge in [0.15, 0.2) is 5.78 Å². The quantitative estimate of drug-likeness (QED) is 0.783. The zero-order chi connectivity index (χ0) is 14.2. The summed E-state index contributed by atoms with van der Waals surface area (Å²) in [5.74, 6) is -0.145. The standard InChI is InChI=1S/C13H11F3N2O/c1-8(19)12-7-11(17-18(12)2)9-3-5-10(6-4-9)13(14,15)16/h3-7H,1-2H3. The van der Waals surface area contributed by atoms with Crippen molar-refractivity contribution in [3.8, 4) is 11.3 Å². The number of hydrogen-bond donors (Lipinski definition) is 0. The van der Waals surface area contributed by atoms with E-state index >= 15 is 0 Å². The second kappa shape index (κ2) is 4.53. The van der Waals surface area contributed by atoms with Crippen molar-refractivity contribution in [3.05, 3.63) is 41.6 Å². The molecule has 1 aromatic heterocycles. The average Bonchev–Trinajstić information content (AvgIpc) is 2.70. The molecule has 0 radical (unpaired) electrons. The summed E-state index contributed by atoms with van der Waals surface area (Å²) in [7, 11) is 1.62. The fourth-order valence-corrected chi connectivity index (χ4v) is 1.77. The molecule has 0 unspecified atom stereocenters. The Kier molecular flexibility index (Phi) is 3.18. The van der Waals surface area contributed by atoms with E-state index in [-0.39, 0.29) is 5.78 Å². The first-order valence-corrected chi connectivity index (χ1v) is 5.51. The van der Waals surface area contributed by atoms with Crippen LogP contribution in [-0.2, 0) is 13.2 Å². The fourth-order valence-electron chi connectivity index (χ4n) is 1.77. The largest absolute Gasteiger partial charge is 0.416 e. The third kappa shape index (κ3) is 2.67. The van der Waals surface area contributed by atoms with Gasteiger partial charge in [-0.3, -0.25) is 9.48 Å². The van der Waals surface area contributed by atoms with Crippen molar-refractivity contribution in [2.75, 3.05) is 0 Å². The summed E-state index contributed by atoms with van der Waals surface area (Å²) in [6, 6.07) is 6.24. The Labute approximate surface area is 107 Å². The van der Waals surface area contributed by atoms with Crippen LogP contribution >= 0.6 is 0 Å². The van der Waals surface area contributed by atoms with Crippen LogP contribution in [0.1, 0.15) is 23.0 Å². The number of halogens is 3. The average molecular weight is 268 g/mol. The molecule has 0 spiro atoms. The molecule has 3 nitrogen and oxygen atoms in total. The number of rotatable bonds is 2. The zero-order valence-corrected chi connectivity index (χ0v) is 10.3. The van der Waals surface area contributed by atoms with E-state index in [0.29, 0.717) is 17.0 Å². The number of alkyl halides is 3. The van der Waals surface area contributed by atoms with Gasteiger partial charge in [-0.25, -0.2) is 0 Å². The van der Waals surface area contributed by atoms with Crippen LogP contribution in [0.4, 0.5) is 13.2 Å². The molecule has 0 amide bonds. The van der Waals surface area contributed by atoms with Gasteiger partial charge in [0.25, 0.3) is 0 Å². The highest BCUT2D eigenvalue weighted by atomic mass is 19.4. The Morgan fingerprint density at radius 2 is 1.79 bits per heavy atom. The van der Waals surface area contributed by atoms with Crippen LogP contribution in [0.15, 0.2) is 30.3 Å². The lowest BCUT2D eigenvalue weighted by molar-refractivity contribution is -0.137. The summed E-state index contributed by atoms with van der Waals surface area (Å²) in [5, 5.41) is 4.11. The first-order valence-electron chi connectivity index (χ1n) is 5.51. The van der Waals surface area contributed by atoms with E-state index in [1.165, 1.54) is 23.7 Å². The van der Waals surface area contributed by atoms with Crippen LogP contribution in [0.25, 0.3) is 11.3 Å². The maximum atomic E-state index is 12.4. The Morgan fingerprint density at radius 1 is 1.21 bits per heavy atom. The summed E-state index contributed by atoms with van der Waals surface area (Å²) in [4.78, 5) is 11.3. The molecule has 0 atom stereocenters. The van der Waals surface area contributed by atoms with Crippen LogP contribution in [0.2, 0.25) is 0 Å². The molecule has 0 aliphatic carbocycles. The smallest absolute Gasteiger partial charge is 0.293 e. The number of aromatic nitrogens is 2. The molecule has 100 valence electrons. The molecule has 0 aliphatic heterocycles. The van der Waals surface area contributed by atoms with E-state index in [9.17, 15) is 18.0 Å². The molecule has 2 aromatic rings. The van der Waals surface area contributed by atoms with E-state index in [1.807, 2.05) is 0 Å². The minimum absolute atomic E-state index is 0.145. The van der Waals surface area contributed by atoms with Gasteiger partial charge in [0.05, 0.1) is 11.3 Å². The van der Waals surface area contributed by atoms with Gasteiger partial charge >= 0.3 is 6.18 Å². The van der Waals surface area contributed by atoms with Crippen molar-refractivity contribution >= 4 is 5.78 Å². The molecule has 2 rings (SSSR count). The van der Waals surface area contributed by atoms with Crippen molar-refractivity contribution in [3.63, 3.8) is 0 Å². The van der Waals surface area contributed by atoms with Crippen LogP contribution in [0, 0.1) is 0 Å².